The van der Waals surface area contributed by atoms with Crippen molar-refractivity contribution < 1.29 is 19.1 Å². The largest absolute Gasteiger partial charge is 0.497 e. The first-order chi connectivity index (χ1) is 20.4. The lowest BCUT2D eigenvalue weighted by Crippen LogP contribution is -2.56. The molecule has 3 heterocycles. The third kappa shape index (κ3) is 7.03. The number of hydrogen-bond acceptors (Lipinski definition) is 8. The third-order valence-electron chi connectivity index (χ3n) is 7.22. The van der Waals surface area contributed by atoms with Gasteiger partial charge < -0.3 is 24.6 Å². The van der Waals surface area contributed by atoms with Crippen LogP contribution >= 0.6 is 0 Å². The van der Waals surface area contributed by atoms with Crippen molar-refractivity contribution in [3.05, 3.63) is 96.2 Å². The minimum absolute atomic E-state index is 0.131. The lowest BCUT2D eigenvalue weighted by atomic mass is 10.1. The van der Waals surface area contributed by atoms with Crippen LogP contribution in [-0.4, -0.2) is 69.2 Å². The van der Waals surface area contributed by atoms with Gasteiger partial charge in [-0.25, -0.2) is 14.8 Å². The average molecular weight is 570 g/mol. The van der Waals surface area contributed by atoms with E-state index in [0.717, 1.165) is 22.6 Å². The number of imidazole rings is 1. The van der Waals surface area contributed by atoms with Crippen molar-refractivity contribution in [3.63, 3.8) is 0 Å². The first kappa shape index (κ1) is 28.6. The Kier molecular flexibility index (Phi) is 8.96. The second kappa shape index (κ2) is 13.2. The molecule has 42 heavy (non-hydrogen) atoms. The molecule has 1 N–H and O–H groups in total. The number of piperazine rings is 1. The minimum atomic E-state index is -0.409. The van der Waals surface area contributed by atoms with Crippen LogP contribution < -0.4 is 15.0 Å². The predicted molar refractivity (Wildman–Crippen MR) is 157 cm³/mol. The van der Waals surface area contributed by atoms with Gasteiger partial charge in [-0.15, -0.1) is 0 Å². The lowest BCUT2D eigenvalue weighted by molar-refractivity contribution is -0.122. The van der Waals surface area contributed by atoms with Crippen LogP contribution in [0.3, 0.4) is 0 Å². The average Bonchev–Trinajstić information content (AvgIpc) is 3.55. The van der Waals surface area contributed by atoms with Gasteiger partial charge in [0.2, 0.25) is 11.9 Å². The third-order valence-corrected chi connectivity index (χ3v) is 7.22. The van der Waals surface area contributed by atoms with Crippen LogP contribution in [0, 0.1) is 6.92 Å². The molecular weight excluding hydrogens is 534 g/mol. The fourth-order valence-corrected chi connectivity index (χ4v) is 4.97. The molecule has 11 nitrogen and oxygen atoms in total. The van der Waals surface area contributed by atoms with Crippen LogP contribution in [0.15, 0.2) is 79.4 Å². The fraction of sp³-hybridized carbons (Fsp3) is 0.323. The van der Waals surface area contributed by atoms with E-state index >= 15 is 0 Å². The maximum Gasteiger partial charge on any atom is 0.410 e. The quantitative estimate of drug-likeness (QED) is 0.321. The molecule has 2 amide bonds. The maximum atomic E-state index is 13.4. The van der Waals surface area contributed by atoms with E-state index in [1.807, 2.05) is 74.5 Å². The minimum Gasteiger partial charge on any atom is -0.497 e. The Morgan fingerprint density at radius 1 is 1.07 bits per heavy atom. The van der Waals surface area contributed by atoms with Gasteiger partial charge in [-0.2, -0.15) is 4.98 Å². The molecule has 1 aliphatic heterocycles. The van der Waals surface area contributed by atoms with Gasteiger partial charge in [-0.05, 0) is 37.1 Å². The Morgan fingerprint density at radius 2 is 1.86 bits per heavy atom. The zero-order chi connectivity index (χ0) is 29.5. The van der Waals surface area contributed by atoms with Crippen molar-refractivity contribution in [2.75, 3.05) is 31.6 Å². The molecule has 0 aliphatic carbocycles. The Balaban J connectivity index is 1.33. The summed E-state index contributed by atoms with van der Waals surface area (Å²) in [5, 5.41) is 3.10. The predicted octanol–water partition coefficient (Wildman–Crippen LogP) is 4.07. The van der Waals surface area contributed by atoms with Gasteiger partial charge in [0.25, 0.3) is 0 Å². The van der Waals surface area contributed by atoms with Gasteiger partial charge in [-0.1, -0.05) is 42.5 Å². The van der Waals surface area contributed by atoms with Crippen molar-refractivity contribution >= 4 is 17.8 Å². The number of nitrogens with one attached hydrogen (secondary N) is 1. The standard InChI is InChI=1S/C31H35N7O4/c1-22-17-28(35-30(33-22)37-14-13-32-21-37)38-16-15-36(31(40)42-20-24-7-5-4-6-8-24)19-26(38)18-29(39)34-23(2)25-9-11-27(41-3)12-10-25/h4-14,17,21,23,26H,15-16,18-20H2,1-3H3,(H,34,39). The Hall–Kier alpha value is -4.93. The number of aromatic nitrogens is 4. The summed E-state index contributed by atoms with van der Waals surface area (Å²) >= 11 is 0. The van der Waals surface area contributed by atoms with Crippen LogP contribution in [-0.2, 0) is 16.1 Å². The van der Waals surface area contributed by atoms with Crippen LogP contribution in [0.25, 0.3) is 5.95 Å². The van der Waals surface area contributed by atoms with E-state index in [4.69, 9.17) is 14.5 Å². The van der Waals surface area contributed by atoms with E-state index in [1.165, 1.54) is 0 Å². The van der Waals surface area contributed by atoms with E-state index in [9.17, 15) is 9.59 Å². The molecule has 0 radical (unpaired) electrons. The molecule has 0 spiro atoms. The summed E-state index contributed by atoms with van der Waals surface area (Å²) in [5.41, 5.74) is 2.66. The molecule has 0 bridgehead atoms. The summed E-state index contributed by atoms with van der Waals surface area (Å²) in [6, 6.07) is 18.5. The van der Waals surface area contributed by atoms with Crippen LogP contribution in [0.2, 0.25) is 0 Å². The van der Waals surface area contributed by atoms with Crippen LogP contribution in [0.5, 0.6) is 5.75 Å². The molecule has 0 saturated carbocycles. The van der Waals surface area contributed by atoms with Gasteiger partial charge in [0.05, 0.1) is 19.2 Å². The van der Waals surface area contributed by atoms with Crippen molar-refractivity contribution in [1.82, 2.24) is 29.7 Å². The highest BCUT2D eigenvalue weighted by Crippen LogP contribution is 2.24. The summed E-state index contributed by atoms with van der Waals surface area (Å²) in [5.74, 6) is 1.80. The molecule has 5 rings (SSSR count). The number of nitrogens with zero attached hydrogens (tertiary/aromatic N) is 6. The van der Waals surface area contributed by atoms with E-state index in [-0.39, 0.29) is 31.0 Å². The Labute approximate surface area is 245 Å². The maximum absolute atomic E-state index is 13.4. The van der Waals surface area contributed by atoms with Crippen molar-refractivity contribution in [3.8, 4) is 11.7 Å². The first-order valence-electron chi connectivity index (χ1n) is 13.9. The number of rotatable bonds is 9. The van der Waals surface area contributed by atoms with Crippen molar-refractivity contribution in [1.29, 1.82) is 0 Å². The number of anilines is 1. The highest BCUT2D eigenvalue weighted by Gasteiger charge is 2.33. The summed E-state index contributed by atoms with van der Waals surface area (Å²) < 4.78 is 12.6. The Morgan fingerprint density at radius 3 is 2.57 bits per heavy atom. The summed E-state index contributed by atoms with van der Waals surface area (Å²) in [6.45, 7) is 5.24. The normalized spacial score (nSPS) is 15.6. The van der Waals surface area contributed by atoms with Gasteiger partial charge in [0.1, 0.15) is 24.5 Å². The number of aryl methyl sites for hydroxylation is 1. The van der Waals surface area contributed by atoms with Crippen LogP contribution in [0.1, 0.15) is 36.2 Å². The number of ether oxygens (including phenoxy) is 2. The number of benzene rings is 2. The smallest absolute Gasteiger partial charge is 0.410 e. The monoisotopic (exact) mass is 569 g/mol. The molecule has 218 valence electrons. The van der Waals surface area contributed by atoms with Gasteiger partial charge in [0.15, 0.2) is 0 Å². The van der Waals surface area contributed by atoms with Gasteiger partial charge in [0, 0.05) is 50.2 Å². The molecule has 1 fully saturated rings. The van der Waals surface area contributed by atoms with Gasteiger partial charge >= 0.3 is 6.09 Å². The zero-order valence-electron chi connectivity index (χ0n) is 24.0. The molecule has 2 aromatic carbocycles. The highest BCUT2D eigenvalue weighted by atomic mass is 16.6. The van der Waals surface area contributed by atoms with Crippen molar-refractivity contribution in [2.45, 2.75) is 39.0 Å². The van der Waals surface area contributed by atoms with E-state index in [0.29, 0.717) is 31.4 Å². The topological polar surface area (TPSA) is 115 Å². The first-order valence-corrected chi connectivity index (χ1v) is 13.9. The molecule has 4 aromatic rings. The van der Waals surface area contributed by atoms with E-state index in [1.54, 1.807) is 35.3 Å². The second-order valence-corrected chi connectivity index (χ2v) is 10.2. The fourth-order valence-electron chi connectivity index (χ4n) is 4.97. The zero-order valence-corrected chi connectivity index (χ0v) is 24.0. The number of amides is 2. The summed E-state index contributed by atoms with van der Waals surface area (Å²) in [6.07, 6.45) is 4.85. The molecular formula is C31H35N7O4. The molecule has 2 aromatic heterocycles. The number of hydrogen-bond donors (Lipinski definition) is 1. The molecule has 11 heteroatoms. The molecule has 2 unspecified atom stereocenters. The number of carbonyl (C=O) groups is 2. The highest BCUT2D eigenvalue weighted by molar-refractivity contribution is 5.78. The summed E-state index contributed by atoms with van der Waals surface area (Å²) in [7, 11) is 1.62. The SMILES string of the molecule is COc1ccc(C(C)NC(=O)CC2CN(C(=O)OCc3ccccc3)CCN2c2cc(C)nc(-n3ccnc3)n2)cc1. The summed E-state index contributed by atoms with van der Waals surface area (Å²) in [4.78, 5) is 43.6. The van der Waals surface area contributed by atoms with Gasteiger partial charge in [-0.3, -0.25) is 9.36 Å². The van der Waals surface area contributed by atoms with E-state index < -0.39 is 6.09 Å². The van der Waals surface area contributed by atoms with Crippen LogP contribution in [0.4, 0.5) is 10.6 Å². The van der Waals surface area contributed by atoms with Crippen molar-refractivity contribution in [2.24, 2.45) is 0 Å². The second-order valence-electron chi connectivity index (χ2n) is 10.2. The number of methoxy groups -OCH3 is 1. The Bertz CT molecular complexity index is 1480. The van der Waals surface area contributed by atoms with E-state index in [2.05, 4.69) is 20.2 Å². The molecule has 2 atom stereocenters. The molecule has 1 saturated heterocycles. The lowest BCUT2D eigenvalue weighted by Gasteiger charge is -2.41. The number of carbonyl (C=O) groups excluding carboxylic acids is 2. The molecule has 1 aliphatic rings.